The van der Waals surface area contributed by atoms with Crippen LogP contribution in [-0.4, -0.2) is 24.5 Å². The van der Waals surface area contributed by atoms with Crippen molar-refractivity contribution in [3.05, 3.63) is 46.5 Å². The van der Waals surface area contributed by atoms with Gasteiger partial charge in [-0.2, -0.15) is 0 Å². The molecule has 1 N–H and O–H groups in total. The van der Waals surface area contributed by atoms with Gasteiger partial charge in [0.15, 0.2) is 6.10 Å². The van der Waals surface area contributed by atoms with Crippen LogP contribution in [-0.2, 0) is 9.53 Å². The highest BCUT2D eigenvalue weighted by molar-refractivity contribution is 6.35. The summed E-state index contributed by atoms with van der Waals surface area (Å²) in [6.07, 6.45) is 0.619. The number of halogens is 2. The van der Waals surface area contributed by atoms with Crippen molar-refractivity contribution in [2.75, 3.05) is 6.54 Å². The summed E-state index contributed by atoms with van der Waals surface area (Å²) in [6.45, 7) is 5.25. The molecule has 102 valence electrons. The third-order valence-corrected chi connectivity index (χ3v) is 2.61. The zero-order chi connectivity index (χ0) is 14.4. The Morgan fingerprint density at radius 3 is 2.47 bits per heavy atom. The third kappa shape index (κ3) is 4.93. The number of hydrogen-bond donors (Lipinski definition) is 1. The summed E-state index contributed by atoms with van der Waals surface area (Å²) in [4.78, 5) is 23.3. The fourth-order valence-electron chi connectivity index (χ4n) is 1.27. The molecule has 19 heavy (non-hydrogen) atoms. The lowest BCUT2D eigenvalue weighted by atomic mass is 10.2. The maximum Gasteiger partial charge on any atom is 0.339 e. The second kappa shape index (κ2) is 7.16. The number of esters is 1. The van der Waals surface area contributed by atoms with Crippen LogP contribution in [0.5, 0.6) is 0 Å². The van der Waals surface area contributed by atoms with E-state index in [1.165, 1.54) is 31.2 Å². The van der Waals surface area contributed by atoms with E-state index in [4.69, 9.17) is 27.9 Å². The largest absolute Gasteiger partial charge is 0.449 e. The van der Waals surface area contributed by atoms with Crippen LogP contribution in [0.2, 0.25) is 10.0 Å². The first kappa shape index (κ1) is 15.5. The van der Waals surface area contributed by atoms with Crippen LogP contribution in [0.25, 0.3) is 0 Å². The standard InChI is InChI=1S/C13H13Cl2NO3/c1-3-4-16-12(17)8(2)19-13(18)9-5-10(14)7-11(15)6-9/h3,5-8H,1,4H2,2H3,(H,16,17). The molecule has 1 aromatic rings. The Hall–Kier alpha value is -1.52. The van der Waals surface area contributed by atoms with E-state index in [1.807, 2.05) is 0 Å². The Balaban J connectivity index is 2.68. The predicted molar refractivity (Wildman–Crippen MR) is 74.5 cm³/mol. The van der Waals surface area contributed by atoms with E-state index in [0.717, 1.165) is 0 Å². The molecule has 6 heteroatoms. The number of rotatable bonds is 5. The van der Waals surface area contributed by atoms with Gasteiger partial charge < -0.3 is 10.1 Å². The molecule has 0 aliphatic heterocycles. The van der Waals surface area contributed by atoms with Crippen LogP contribution in [0.3, 0.4) is 0 Å². The summed E-state index contributed by atoms with van der Waals surface area (Å²) in [6, 6.07) is 4.34. The van der Waals surface area contributed by atoms with E-state index in [1.54, 1.807) is 0 Å². The Morgan fingerprint density at radius 2 is 1.95 bits per heavy atom. The second-order valence-electron chi connectivity index (χ2n) is 3.74. The molecule has 0 radical (unpaired) electrons. The summed E-state index contributed by atoms with van der Waals surface area (Å²) in [5.74, 6) is -1.06. The monoisotopic (exact) mass is 301 g/mol. The van der Waals surface area contributed by atoms with Crippen LogP contribution in [0.15, 0.2) is 30.9 Å². The SMILES string of the molecule is C=CCNC(=O)C(C)OC(=O)c1cc(Cl)cc(Cl)c1. The third-order valence-electron chi connectivity index (χ3n) is 2.17. The average Bonchev–Trinajstić information content (AvgIpc) is 2.34. The molecule has 0 bridgehead atoms. The molecular formula is C13H13Cl2NO3. The maximum atomic E-state index is 11.8. The van der Waals surface area contributed by atoms with E-state index < -0.39 is 18.0 Å². The van der Waals surface area contributed by atoms with Gasteiger partial charge in [-0.3, -0.25) is 4.79 Å². The van der Waals surface area contributed by atoms with Gasteiger partial charge in [-0.05, 0) is 25.1 Å². The molecule has 0 aromatic heterocycles. The summed E-state index contributed by atoms with van der Waals surface area (Å²) < 4.78 is 5.00. The normalized spacial score (nSPS) is 11.5. The minimum Gasteiger partial charge on any atom is -0.449 e. The summed E-state index contributed by atoms with van der Waals surface area (Å²) in [7, 11) is 0. The van der Waals surface area contributed by atoms with Crippen LogP contribution >= 0.6 is 23.2 Å². The lowest BCUT2D eigenvalue weighted by Gasteiger charge is -2.13. The number of hydrogen-bond acceptors (Lipinski definition) is 3. The van der Waals surface area contributed by atoms with Crippen molar-refractivity contribution in [2.24, 2.45) is 0 Å². The van der Waals surface area contributed by atoms with Crippen molar-refractivity contribution in [2.45, 2.75) is 13.0 Å². The van der Waals surface area contributed by atoms with Crippen molar-refractivity contribution in [1.82, 2.24) is 5.32 Å². The van der Waals surface area contributed by atoms with Gasteiger partial charge in [0.05, 0.1) is 5.56 Å². The van der Waals surface area contributed by atoms with E-state index >= 15 is 0 Å². The van der Waals surface area contributed by atoms with Crippen LogP contribution in [0, 0.1) is 0 Å². The van der Waals surface area contributed by atoms with Gasteiger partial charge in [-0.15, -0.1) is 6.58 Å². The highest BCUT2D eigenvalue weighted by atomic mass is 35.5. The molecule has 0 aliphatic carbocycles. The highest BCUT2D eigenvalue weighted by Crippen LogP contribution is 2.19. The molecule has 1 aromatic carbocycles. The predicted octanol–water partition coefficient (Wildman–Crippen LogP) is 2.84. The van der Waals surface area contributed by atoms with Crippen LogP contribution in [0.4, 0.5) is 0 Å². The lowest BCUT2D eigenvalue weighted by Crippen LogP contribution is -2.35. The number of benzene rings is 1. The Labute approximate surface area is 121 Å². The van der Waals surface area contributed by atoms with E-state index in [2.05, 4.69) is 11.9 Å². The first-order valence-corrected chi connectivity index (χ1v) is 6.25. The molecule has 4 nitrogen and oxygen atoms in total. The van der Waals surface area contributed by atoms with Crippen molar-refractivity contribution < 1.29 is 14.3 Å². The highest BCUT2D eigenvalue weighted by Gasteiger charge is 2.18. The zero-order valence-electron chi connectivity index (χ0n) is 10.3. The van der Waals surface area contributed by atoms with Gasteiger partial charge in [-0.1, -0.05) is 29.3 Å². The Bertz CT molecular complexity index is 482. The van der Waals surface area contributed by atoms with Crippen LogP contribution in [0.1, 0.15) is 17.3 Å². The Morgan fingerprint density at radius 1 is 1.37 bits per heavy atom. The van der Waals surface area contributed by atoms with E-state index in [-0.39, 0.29) is 5.56 Å². The molecule has 0 spiro atoms. The molecule has 0 saturated heterocycles. The summed E-state index contributed by atoms with van der Waals surface area (Å²) >= 11 is 11.6. The fraction of sp³-hybridized carbons (Fsp3) is 0.231. The molecule has 1 rings (SSSR count). The zero-order valence-corrected chi connectivity index (χ0v) is 11.8. The van der Waals surface area contributed by atoms with Crippen LogP contribution < -0.4 is 5.32 Å². The van der Waals surface area contributed by atoms with Gasteiger partial charge >= 0.3 is 5.97 Å². The first-order chi connectivity index (χ1) is 8.93. The van der Waals surface area contributed by atoms with Crippen molar-refractivity contribution in [1.29, 1.82) is 0 Å². The Kier molecular flexibility index (Phi) is 5.86. The van der Waals surface area contributed by atoms with Gasteiger partial charge in [0.2, 0.25) is 0 Å². The molecule has 1 amide bonds. The molecule has 1 atom stereocenters. The van der Waals surface area contributed by atoms with Gasteiger partial charge in [0, 0.05) is 16.6 Å². The molecule has 0 fully saturated rings. The second-order valence-corrected chi connectivity index (χ2v) is 4.61. The van der Waals surface area contributed by atoms with E-state index in [0.29, 0.717) is 16.6 Å². The van der Waals surface area contributed by atoms with Crippen molar-refractivity contribution in [3.63, 3.8) is 0 Å². The number of ether oxygens (including phenoxy) is 1. The van der Waals surface area contributed by atoms with Gasteiger partial charge in [-0.25, -0.2) is 4.79 Å². The average molecular weight is 302 g/mol. The number of nitrogens with one attached hydrogen (secondary N) is 1. The minimum absolute atomic E-state index is 0.195. The summed E-state index contributed by atoms with van der Waals surface area (Å²) in [5.41, 5.74) is 0.195. The fourth-order valence-corrected chi connectivity index (χ4v) is 1.80. The lowest BCUT2D eigenvalue weighted by molar-refractivity contribution is -0.128. The maximum absolute atomic E-state index is 11.8. The molecule has 1 unspecified atom stereocenters. The quantitative estimate of drug-likeness (QED) is 0.672. The minimum atomic E-state index is -0.912. The van der Waals surface area contributed by atoms with Crippen molar-refractivity contribution >= 4 is 35.1 Å². The molecule has 0 aliphatic rings. The smallest absolute Gasteiger partial charge is 0.339 e. The van der Waals surface area contributed by atoms with Crippen molar-refractivity contribution in [3.8, 4) is 0 Å². The van der Waals surface area contributed by atoms with E-state index in [9.17, 15) is 9.59 Å². The first-order valence-electron chi connectivity index (χ1n) is 5.49. The van der Waals surface area contributed by atoms with Gasteiger partial charge in [0.1, 0.15) is 0 Å². The molecule has 0 heterocycles. The molecular weight excluding hydrogens is 289 g/mol. The molecule has 0 saturated carbocycles. The number of carbonyl (C=O) groups is 2. The van der Waals surface area contributed by atoms with Gasteiger partial charge in [0.25, 0.3) is 5.91 Å². The summed E-state index contributed by atoms with van der Waals surface area (Å²) in [5, 5.41) is 3.17. The number of carbonyl (C=O) groups excluding carboxylic acids is 2. The topological polar surface area (TPSA) is 55.4 Å². The number of amides is 1.